The topological polar surface area (TPSA) is 125 Å². The highest BCUT2D eigenvalue weighted by Gasteiger charge is 2.25. The van der Waals surface area contributed by atoms with E-state index in [4.69, 9.17) is 11.0 Å². The Hall–Kier alpha value is -1.75. The molecule has 0 aliphatic rings. The van der Waals surface area contributed by atoms with Gasteiger partial charge in [-0.1, -0.05) is 6.92 Å². The van der Waals surface area contributed by atoms with Crippen molar-refractivity contribution in [1.82, 2.24) is 10.2 Å². The van der Waals surface area contributed by atoms with Crippen molar-refractivity contribution >= 4 is 21.5 Å². The summed E-state index contributed by atoms with van der Waals surface area (Å²) in [6.07, 6.45) is 0.204. The van der Waals surface area contributed by atoms with Gasteiger partial charge in [-0.15, -0.1) is 0 Å². The zero-order valence-electron chi connectivity index (χ0n) is 8.98. The summed E-state index contributed by atoms with van der Waals surface area (Å²) in [5, 5.41) is 13.8. The van der Waals surface area contributed by atoms with Gasteiger partial charge in [0.15, 0.2) is 11.1 Å². The molecule has 1 aromatic rings. The summed E-state index contributed by atoms with van der Waals surface area (Å²) in [7, 11) is -3.76. The average molecular weight is 243 g/mol. The molecule has 16 heavy (non-hydrogen) atoms. The number of rotatable bonds is 4. The van der Waals surface area contributed by atoms with Crippen molar-refractivity contribution in [2.75, 3.05) is 10.5 Å². The van der Waals surface area contributed by atoms with Crippen LogP contribution in [-0.4, -0.2) is 23.9 Å². The fourth-order valence-electron chi connectivity index (χ4n) is 1.10. The van der Waals surface area contributed by atoms with E-state index in [-0.39, 0.29) is 17.9 Å². The van der Waals surface area contributed by atoms with Crippen molar-refractivity contribution in [1.29, 1.82) is 5.26 Å². The first-order chi connectivity index (χ1) is 7.42. The number of nitrogens with two attached hydrogens (primary N) is 1. The smallest absolute Gasteiger partial charge is 0.250 e. The summed E-state index contributed by atoms with van der Waals surface area (Å²) in [6, 6.07) is 1.71. The molecule has 0 aliphatic carbocycles. The van der Waals surface area contributed by atoms with Gasteiger partial charge in [0.25, 0.3) is 0 Å². The van der Waals surface area contributed by atoms with Crippen LogP contribution in [0.1, 0.15) is 19.0 Å². The van der Waals surface area contributed by atoms with Crippen LogP contribution in [0.25, 0.3) is 0 Å². The maximum absolute atomic E-state index is 11.7. The highest BCUT2D eigenvalue weighted by molar-refractivity contribution is 7.93. The van der Waals surface area contributed by atoms with E-state index in [0.29, 0.717) is 5.69 Å². The van der Waals surface area contributed by atoms with Gasteiger partial charge in [0.05, 0.1) is 17.5 Å². The summed E-state index contributed by atoms with van der Waals surface area (Å²) >= 11 is 0. The third-order valence-electron chi connectivity index (χ3n) is 2.12. The Morgan fingerprint density at radius 1 is 1.69 bits per heavy atom. The van der Waals surface area contributed by atoms with Crippen molar-refractivity contribution in [2.45, 2.75) is 25.5 Å². The maximum atomic E-state index is 11.7. The van der Waals surface area contributed by atoms with Crippen LogP contribution in [0.5, 0.6) is 0 Å². The Balaban J connectivity index is 2.98. The zero-order chi connectivity index (χ0) is 12.3. The lowest BCUT2D eigenvalue weighted by Crippen LogP contribution is -2.26. The Bertz CT molecular complexity index is 513. The first-order valence-electron chi connectivity index (χ1n) is 4.64. The van der Waals surface area contributed by atoms with Crippen molar-refractivity contribution < 1.29 is 8.42 Å². The second-order valence-corrected chi connectivity index (χ2v) is 5.15. The van der Waals surface area contributed by atoms with Crippen molar-refractivity contribution in [3.63, 3.8) is 0 Å². The molecule has 0 bridgehead atoms. The fraction of sp³-hybridized carbons (Fsp3) is 0.500. The van der Waals surface area contributed by atoms with E-state index in [1.54, 1.807) is 19.9 Å². The number of H-pyrrole nitrogens is 1. The molecule has 1 unspecified atom stereocenters. The first-order valence-corrected chi connectivity index (χ1v) is 6.18. The van der Waals surface area contributed by atoms with Crippen LogP contribution >= 0.6 is 0 Å². The summed E-state index contributed by atoms with van der Waals surface area (Å²) in [5.41, 5.74) is 6.39. The Morgan fingerprint density at radius 2 is 2.31 bits per heavy atom. The fourth-order valence-corrected chi connectivity index (χ4v) is 2.25. The molecule has 0 saturated carbocycles. The van der Waals surface area contributed by atoms with Gasteiger partial charge in [-0.2, -0.15) is 10.4 Å². The number of hydrogen-bond donors (Lipinski definition) is 3. The quantitative estimate of drug-likeness (QED) is 0.703. The Labute approximate surface area is 93.7 Å². The molecule has 0 spiro atoms. The summed E-state index contributed by atoms with van der Waals surface area (Å²) in [4.78, 5) is 0. The lowest BCUT2D eigenvalue weighted by molar-refractivity contribution is 0.592. The predicted molar refractivity (Wildman–Crippen MR) is 60.0 cm³/mol. The Kier molecular flexibility index (Phi) is 3.39. The van der Waals surface area contributed by atoms with Crippen LogP contribution < -0.4 is 10.5 Å². The second kappa shape index (κ2) is 4.40. The number of aryl methyl sites for hydroxylation is 1. The molecule has 1 rings (SSSR count). The van der Waals surface area contributed by atoms with Gasteiger partial charge in [0, 0.05) is 0 Å². The van der Waals surface area contributed by atoms with E-state index in [9.17, 15) is 8.42 Å². The molecule has 0 amide bonds. The number of aromatic nitrogens is 2. The minimum absolute atomic E-state index is 0.0335. The zero-order valence-corrected chi connectivity index (χ0v) is 9.80. The van der Waals surface area contributed by atoms with Gasteiger partial charge < -0.3 is 5.73 Å². The molecule has 8 heteroatoms. The SMILES string of the molecule is CCC(C#N)S(=O)(=O)Nc1n[nH]c(C)c1N. The van der Waals surface area contributed by atoms with Crippen LogP contribution in [0.4, 0.5) is 11.5 Å². The number of nitrogens with zero attached hydrogens (tertiary/aromatic N) is 2. The number of hydrogen-bond acceptors (Lipinski definition) is 5. The first kappa shape index (κ1) is 12.3. The molecule has 0 aliphatic heterocycles. The lowest BCUT2D eigenvalue weighted by Gasteiger charge is -2.09. The molecule has 1 heterocycles. The standard InChI is InChI=1S/C8H13N5O2S/c1-3-6(4-9)16(14,15)13-8-7(10)5(2)11-12-8/h6H,3,10H2,1-2H3,(H2,11,12,13). The van der Waals surface area contributed by atoms with E-state index in [1.165, 1.54) is 0 Å². The van der Waals surface area contributed by atoms with Gasteiger partial charge in [-0.3, -0.25) is 9.82 Å². The molecular formula is C8H13N5O2S. The summed E-state index contributed by atoms with van der Waals surface area (Å²) < 4.78 is 25.6. The van der Waals surface area contributed by atoms with E-state index >= 15 is 0 Å². The molecule has 88 valence electrons. The number of aromatic amines is 1. The van der Waals surface area contributed by atoms with Crippen LogP contribution in [0.2, 0.25) is 0 Å². The average Bonchev–Trinajstić information content (AvgIpc) is 2.50. The number of anilines is 2. The van der Waals surface area contributed by atoms with E-state index in [2.05, 4.69) is 14.9 Å². The molecular weight excluding hydrogens is 230 g/mol. The Morgan fingerprint density at radius 3 is 2.69 bits per heavy atom. The van der Waals surface area contributed by atoms with Gasteiger partial charge in [0.2, 0.25) is 10.0 Å². The van der Waals surface area contributed by atoms with Crippen molar-refractivity contribution in [3.05, 3.63) is 5.69 Å². The molecule has 4 N–H and O–H groups in total. The van der Waals surface area contributed by atoms with Crippen molar-refractivity contribution in [3.8, 4) is 6.07 Å². The molecule has 0 saturated heterocycles. The van der Waals surface area contributed by atoms with Crippen LogP contribution in [0.15, 0.2) is 0 Å². The van der Waals surface area contributed by atoms with Crippen molar-refractivity contribution in [2.24, 2.45) is 0 Å². The molecule has 1 atom stereocenters. The van der Waals surface area contributed by atoms with Gasteiger partial charge in [-0.05, 0) is 13.3 Å². The molecule has 7 nitrogen and oxygen atoms in total. The van der Waals surface area contributed by atoms with E-state index in [0.717, 1.165) is 0 Å². The summed E-state index contributed by atoms with van der Waals surface area (Å²) in [5.74, 6) is 0.0335. The normalized spacial score (nSPS) is 13.1. The lowest BCUT2D eigenvalue weighted by atomic mass is 10.4. The third-order valence-corrected chi connectivity index (χ3v) is 3.79. The largest absolute Gasteiger partial charge is 0.394 e. The second-order valence-electron chi connectivity index (χ2n) is 3.28. The third kappa shape index (κ3) is 2.25. The maximum Gasteiger partial charge on any atom is 0.250 e. The molecule has 0 aromatic carbocycles. The monoisotopic (exact) mass is 243 g/mol. The van der Waals surface area contributed by atoms with E-state index in [1.807, 2.05) is 0 Å². The minimum Gasteiger partial charge on any atom is -0.394 e. The molecule has 0 fully saturated rings. The van der Waals surface area contributed by atoms with Gasteiger partial charge in [-0.25, -0.2) is 8.42 Å². The van der Waals surface area contributed by atoms with Gasteiger partial charge in [0.1, 0.15) is 0 Å². The predicted octanol–water partition coefficient (Wildman–Crippen LogP) is 0.344. The van der Waals surface area contributed by atoms with E-state index < -0.39 is 15.3 Å². The molecule has 0 radical (unpaired) electrons. The number of nitrogens with one attached hydrogen (secondary N) is 2. The van der Waals surface area contributed by atoms with Crippen LogP contribution in [0, 0.1) is 18.3 Å². The highest BCUT2D eigenvalue weighted by atomic mass is 32.2. The minimum atomic E-state index is -3.76. The van der Waals surface area contributed by atoms with Crippen LogP contribution in [0.3, 0.4) is 0 Å². The number of nitrogen functional groups attached to an aromatic ring is 1. The number of nitriles is 1. The summed E-state index contributed by atoms with van der Waals surface area (Å²) in [6.45, 7) is 3.29. The molecule has 1 aromatic heterocycles. The number of sulfonamides is 1. The van der Waals surface area contributed by atoms with Crippen LogP contribution in [-0.2, 0) is 10.0 Å². The highest BCUT2D eigenvalue weighted by Crippen LogP contribution is 2.20. The van der Waals surface area contributed by atoms with Gasteiger partial charge >= 0.3 is 0 Å².